The predicted molar refractivity (Wildman–Crippen MR) is 99.5 cm³/mol. The van der Waals surface area contributed by atoms with E-state index in [4.69, 9.17) is 10.5 Å². The molecule has 0 bridgehead atoms. The van der Waals surface area contributed by atoms with Crippen molar-refractivity contribution in [3.63, 3.8) is 0 Å². The number of ketones is 1. The molecule has 1 atom stereocenters. The number of amides is 1. The Bertz CT molecular complexity index is 938. The maximum Gasteiger partial charge on any atom is 0.337 e. The number of fused-ring (bicyclic) bond motifs is 1. The molecule has 1 aliphatic heterocycles. The zero-order valence-electron chi connectivity index (χ0n) is 13.8. The first-order valence-electron chi connectivity index (χ1n) is 7.72. The van der Waals surface area contributed by atoms with Gasteiger partial charge in [0.2, 0.25) is 11.7 Å². The normalized spacial score (nSPS) is 16.4. The molecule has 0 saturated heterocycles. The van der Waals surface area contributed by atoms with Crippen molar-refractivity contribution in [2.24, 2.45) is 5.73 Å². The second-order valence-electron chi connectivity index (χ2n) is 5.67. The van der Waals surface area contributed by atoms with Crippen LogP contribution in [-0.4, -0.2) is 24.8 Å². The van der Waals surface area contributed by atoms with Gasteiger partial charge in [-0.15, -0.1) is 0 Å². The topological polar surface area (TPSA) is 98.5 Å². The zero-order valence-corrected chi connectivity index (χ0v) is 15.4. The van der Waals surface area contributed by atoms with Gasteiger partial charge in [-0.25, -0.2) is 4.79 Å². The molecule has 0 fully saturated rings. The number of esters is 1. The number of hydrogen-bond donors (Lipinski definition) is 2. The monoisotopic (exact) mass is 414 g/mol. The Balaban J connectivity index is 2.16. The van der Waals surface area contributed by atoms with Crippen LogP contribution >= 0.6 is 15.9 Å². The summed E-state index contributed by atoms with van der Waals surface area (Å²) in [6.07, 6.45) is 0. The summed E-state index contributed by atoms with van der Waals surface area (Å²) in [6, 6.07) is 13.5. The summed E-state index contributed by atoms with van der Waals surface area (Å²) < 4.78 is 5.54. The summed E-state index contributed by atoms with van der Waals surface area (Å²) in [5.74, 6) is -2.83. The number of nitrogens with one attached hydrogen (secondary N) is 1. The first-order valence-corrected chi connectivity index (χ1v) is 8.51. The van der Waals surface area contributed by atoms with Gasteiger partial charge < -0.3 is 15.8 Å². The summed E-state index contributed by atoms with van der Waals surface area (Å²) >= 11 is 3.35. The molecule has 0 saturated carbocycles. The Morgan fingerprint density at radius 1 is 1.15 bits per heavy atom. The predicted octanol–water partition coefficient (Wildman–Crippen LogP) is 2.75. The van der Waals surface area contributed by atoms with Crippen LogP contribution in [0.15, 0.2) is 64.3 Å². The Labute approximate surface area is 158 Å². The lowest BCUT2D eigenvalue weighted by molar-refractivity contribution is -0.137. The number of halogens is 1. The molecule has 0 aromatic heterocycles. The Hall–Kier alpha value is -2.93. The first-order chi connectivity index (χ1) is 12.4. The minimum absolute atomic E-state index is 0.171. The largest absolute Gasteiger partial charge is 0.466 e. The number of methoxy groups -OCH3 is 1. The lowest BCUT2D eigenvalue weighted by atomic mass is 9.89. The Morgan fingerprint density at radius 2 is 1.85 bits per heavy atom. The van der Waals surface area contributed by atoms with Gasteiger partial charge in [-0.2, -0.15) is 0 Å². The molecule has 3 N–H and O–H groups in total. The summed E-state index contributed by atoms with van der Waals surface area (Å²) in [6.45, 7) is 0. The van der Waals surface area contributed by atoms with Crippen LogP contribution in [0.3, 0.4) is 0 Å². The van der Waals surface area contributed by atoms with Gasteiger partial charge in [-0.3, -0.25) is 9.59 Å². The number of ether oxygens (including phenoxy) is 1. The van der Waals surface area contributed by atoms with Gasteiger partial charge in [-0.1, -0.05) is 46.3 Å². The first kappa shape index (κ1) is 17.9. The second-order valence-corrected chi connectivity index (χ2v) is 6.58. The molecule has 2 aromatic rings. The summed E-state index contributed by atoms with van der Waals surface area (Å²) in [5.41, 5.74) is 6.99. The lowest BCUT2D eigenvalue weighted by Crippen LogP contribution is -2.27. The molecule has 0 aliphatic carbocycles. The zero-order chi connectivity index (χ0) is 18.8. The van der Waals surface area contributed by atoms with Crippen molar-refractivity contribution in [1.82, 2.24) is 0 Å². The van der Waals surface area contributed by atoms with E-state index in [0.29, 0.717) is 16.8 Å². The van der Waals surface area contributed by atoms with Crippen molar-refractivity contribution in [1.29, 1.82) is 0 Å². The van der Waals surface area contributed by atoms with Gasteiger partial charge in [0.05, 0.1) is 24.3 Å². The van der Waals surface area contributed by atoms with E-state index in [1.54, 1.807) is 48.5 Å². The smallest absolute Gasteiger partial charge is 0.337 e. The van der Waals surface area contributed by atoms with E-state index in [1.165, 1.54) is 7.11 Å². The lowest BCUT2D eigenvalue weighted by Gasteiger charge is -2.15. The van der Waals surface area contributed by atoms with Gasteiger partial charge in [0.1, 0.15) is 0 Å². The third-order valence-corrected chi connectivity index (χ3v) is 4.60. The molecule has 7 heteroatoms. The van der Waals surface area contributed by atoms with Gasteiger partial charge in [0.15, 0.2) is 0 Å². The van der Waals surface area contributed by atoms with E-state index in [1.807, 2.05) is 0 Å². The Kier molecular flexibility index (Phi) is 4.90. The number of Topliss-reactive ketones (excluding diaryl/α,β-unsaturated/α-hetero) is 1. The fourth-order valence-electron chi connectivity index (χ4n) is 2.88. The van der Waals surface area contributed by atoms with Crippen LogP contribution < -0.4 is 11.1 Å². The van der Waals surface area contributed by atoms with Crippen LogP contribution in [0.2, 0.25) is 0 Å². The molecule has 26 heavy (non-hydrogen) atoms. The summed E-state index contributed by atoms with van der Waals surface area (Å²) in [4.78, 5) is 37.7. The molecule has 1 heterocycles. The number of allylic oxidation sites excluding steroid dienone is 1. The van der Waals surface area contributed by atoms with Gasteiger partial charge >= 0.3 is 5.97 Å². The number of nitrogens with two attached hydrogens (primary N) is 1. The highest BCUT2D eigenvalue weighted by atomic mass is 79.9. The molecule has 1 unspecified atom stereocenters. The average Bonchev–Trinajstić information content (AvgIpc) is 2.97. The van der Waals surface area contributed by atoms with Crippen LogP contribution in [0.5, 0.6) is 0 Å². The van der Waals surface area contributed by atoms with Crippen molar-refractivity contribution in [2.75, 3.05) is 12.4 Å². The summed E-state index contributed by atoms with van der Waals surface area (Å²) in [5, 5.41) is 2.70. The standard InChI is InChI=1S/C19H15BrN2O4/c1-26-19(25)15(16(21)17(23)10-5-3-2-4-6-10)14-12-9-11(20)7-8-13(12)22-18(14)24/h2-9,14H,21H2,1H3,(H,22,24)/b16-15-. The number of anilines is 1. The molecule has 0 spiro atoms. The average molecular weight is 415 g/mol. The van der Waals surface area contributed by atoms with E-state index in [-0.39, 0.29) is 11.3 Å². The molecule has 132 valence electrons. The van der Waals surface area contributed by atoms with Crippen molar-refractivity contribution in [3.8, 4) is 0 Å². The number of carbonyl (C=O) groups excluding carboxylic acids is 3. The molecule has 1 amide bonds. The highest BCUT2D eigenvalue weighted by Crippen LogP contribution is 2.40. The molecule has 2 aromatic carbocycles. The fourth-order valence-corrected chi connectivity index (χ4v) is 3.26. The molecule has 1 aliphatic rings. The van der Waals surface area contributed by atoms with E-state index < -0.39 is 23.6 Å². The molecule has 3 rings (SSSR count). The SMILES string of the molecule is COC(=O)/C(=C(\N)C(=O)c1ccccc1)C1C(=O)Nc2ccc(Br)cc21. The van der Waals surface area contributed by atoms with Gasteiger partial charge in [0.25, 0.3) is 0 Å². The van der Waals surface area contributed by atoms with Crippen LogP contribution in [0.4, 0.5) is 5.69 Å². The van der Waals surface area contributed by atoms with Crippen LogP contribution in [-0.2, 0) is 14.3 Å². The van der Waals surface area contributed by atoms with Gasteiger partial charge in [0, 0.05) is 15.7 Å². The number of carbonyl (C=O) groups is 3. The third-order valence-electron chi connectivity index (χ3n) is 4.11. The second kappa shape index (κ2) is 7.13. The number of hydrogen-bond acceptors (Lipinski definition) is 5. The van der Waals surface area contributed by atoms with Crippen LogP contribution in [0.1, 0.15) is 21.8 Å². The number of benzene rings is 2. The van der Waals surface area contributed by atoms with Crippen molar-refractivity contribution < 1.29 is 19.1 Å². The quantitative estimate of drug-likeness (QED) is 0.455. The maximum absolute atomic E-state index is 12.7. The van der Waals surface area contributed by atoms with E-state index in [2.05, 4.69) is 21.2 Å². The Morgan fingerprint density at radius 3 is 2.50 bits per heavy atom. The van der Waals surface area contributed by atoms with Crippen molar-refractivity contribution in [2.45, 2.75) is 5.92 Å². The highest BCUT2D eigenvalue weighted by molar-refractivity contribution is 9.10. The third kappa shape index (κ3) is 3.13. The van der Waals surface area contributed by atoms with Crippen molar-refractivity contribution >= 4 is 39.3 Å². The van der Waals surface area contributed by atoms with Crippen LogP contribution in [0.25, 0.3) is 0 Å². The van der Waals surface area contributed by atoms with E-state index in [0.717, 1.165) is 4.47 Å². The summed E-state index contributed by atoms with van der Waals surface area (Å²) in [7, 11) is 1.18. The van der Waals surface area contributed by atoms with E-state index in [9.17, 15) is 14.4 Å². The molecule has 0 radical (unpaired) electrons. The highest BCUT2D eigenvalue weighted by Gasteiger charge is 2.39. The van der Waals surface area contributed by atoms with E-state index >= 15 is 0 Å². The minimum atomic E-state index is -1.03. The minimum Gasteiger partial charge on any atom is -0.466 e. The molecular weight excluding hydrogens is 400 g/mol. The van der Waals surface area contributed by atoms with Crippen LogP contribution in [0, 0.1) is 0 Å². The molecule has 6 nitrogen and oxygen atoms in total. The fraction of sp³-hybridized carbons (Fsp3) is 0.105. The van der Waals surface area contributed by atoms with Gasteiger partial charge in [-0.05, 0) is 23.8 Å². The number of rotatable bonds is 4. The molecular formula is C19H15BrN2O4. The van der Waals surface area contributed by atoms with Crippen molar-refractivity contribution in [3.05, 3.63) is 75.4 Å². The maximum atomic E-state index is 12.7.